The van der Waals surface area contributed by atoms with Crippen LogP contribution in [0.4, 0.5) is 11.4 Å². The molecule has 0 saturated carbocycles. The van der Waals surface area contributed by atoms with E-state index in [1.807, 2.05) is 61.5 Å². The van der Waals surface area contributed by atoms with E-state index in [1.165, 1.54) is 0 Å². The smallest absolute Gasteiger partial charge is 0.262 e. The van der Waals surface area contributed by atoms with E-state index in [0.29, 0.717) is 11.3 Å². The summed E-state index contributed by atoms with van der Waals surface area (Å²) < 4.78 is 5.48. The molecule has 1 atom stereocenters. The minimum Gasteiger partial charge on any atom is -0.495 e. The van der Waals surface area contributed by atoms with Gasteiger partial charge in [-0.15, -0.1) is 0 Å². The lowest BCUT2D eigenvalue weighted by atomic mass is 10.1. The van der Waals surface area contributed by atoms with Crippen LogP contribution in [0.2, 0.25) is 0 Å². The van der Waals surface area contributed by atoms with Crippen LogP contribution in [0.1, 0.15) is 27.8 Å². The van der Waals surface area contributed by atoms with Gasteiger partial charge in [0.15, 0.2) is 6.17 Å². The van der Waals surface area contributed by atoms with Gasteiger partial charge in [0.1, 0.15) is 5.75 Å². The lowest BCUT2D eigenvalue weighted by molar-refractivity contribution is 0.0993. The van der Waals surface area contributed by atoms with E-state index >= 15 is 0 Å². The third-order valence-corrected chi connectivity index (χ3v) is 4.49. The largest absolute Gasteiger partial charge is 0.495 e. The average molecular weight is 345 g/mol. The summed E-state index contributed by atoms with van der Waals surface area (Å²) in [6.45, 7) is 2.02. The number of aromatic nitrogens is 1. The Bertz CT molecular complexity index is 956. The fourth-order valence-electron chi connectivity index (χ4n) is 3.26. The van der Waals surface area contributed by atoms with Crippen LogP contribution in [0.5, 0.6) is 5.75 Å². The van der Waals surface area contributed by atoms with E-state index < -0.39 is 6.17 Å². The fraction of sp³-hybridized carbons (Fsp3) is 0.143. The molecule has 2 aromatic carbocycles. The standard InChI is InChI=1S/C21H19N3O2/c1-14-10-11-18(26-2)17(13-14)23-20-19-16(9-6-12-22-19)21(25)24(20)15-7-4-3-5-8-15/h3-13,20,23H,1-2H3. The van der Waals surface area contributed by atoms with E-state index in [2.05, 4.69) is 10.3 Å². The number of hydrogen-bond donors (Lipinski definition) is 1. The first-order valence-corrected chi connectivity index (χ1v) is 8.44. The van der Waals surface area contributed by atoms with Crippen molar-refractivity contribution in [1.82, 2.24) is 4.98 Å². The molecule has 1 N–H and O–H groups in total. The number of nitrogens with one attached hydrogen (secondary N) is 1. The lowest BCUT2D eigenvalue weighted by Gasteiger charge is -2.27. The number of pyridine rings is 1. The molecule has 1 aliphatic heterocycles. The van der Waals surface area contributed by atoms with Crippen LogP contribution in [0.15, 0.2) is 66.9 Å². The molecule has 0 fully saturated rings. The lowest BCUT2D eigenvalue weighted by Crippen LogP contribution is -2.32. The minimum atomic E-state index is -0.406. The van der Waals surface area contributed by atoms with Gasteiger partial charge < -0.3 is 10.1 Å². The molecule has 0 spiro atoms. The maximum atomic E-state index is 13.0. The van der Waals surface area contributed by atoms with Gasteiger partial charge in [-0.1, -0.05) is 24.3 Å². The van der Waals surface area contributed by atoms with Gasteiger partial charge in [0, 0.05) is 11.9 Å². The van der Waals surface area contributed by atoms with Crippen molar-refractivity contribution in [2.24, 2.45) is 0 Å². The molecule has 130 valence electrons. The highest BCUT2D eigenvalue weighted by atomic mass is 16.5. The van der Waals surface area contributed by atoms with Crippen molar-refractivity contribution >= 4 is 17.3 Å². The second-order valence-corrected chi connectivity index (χ2v) is 6.20. The van der Waals surface area contributed by atoms with Crippen molar-refractivity contribution in [1.29, 1.82) is 0 Å². The molecule has 1 unspecified atom stereocenters. The van der Waals surface area contributed by atoms with Crippen LogP contribution in [-0.2, 0) is 0 Å². The van der Waals surface area contributed by atoms with Gasteiger partial charge in [-0.3, -0.25) is 14.7 Å². The van der Waals surface area contributed by atoms with E-state index in [0.717, 1.165) is 22.7 Å². The Labute approximate surface area is 152 Å². The Morgan fingerprint density at radius 1 is 1.08 bits per heavy atom. The van der Waals surface area contributed by atoms with Gasteiger partial charge in [0.2, 0.25) is 0 Å². The Kier molecular flexibility index (Phi) is 4.05. The number of amides is 1. The molecular formula is C21H19N3O2. The molecule has 0 bridgehead atoms. The van der Waals surface area contributed by atoms with Crippen molar-refractivity contribution in [3.63, 3.8) is 0 Å². The number of methoxy groups -OCH3 is 1. The maximum absolute atomic E-state index is 13.0. The number of carbonyl (C=O) groups excluding carboxylic acids is 1. The summed E-state index contributed by atoms with van der Waals surface area (Å²) >= 11 is 0. The fourth-order valence-corrected chi connectivity index (χ4v) is 3.26. The zero-order valence-electron chi connectivity index (χ0n) is 14.6. The zero-order valence-corrected chi connectivity index (χ0v) is 14.6. The Balaban J connectivity index is 1.81. The van der Waals surface area contributed by atoms with E-state index in [1.54, 1.807) is 24.3 Å². The normalized spacial score (nSPS) is 15.7. The highest BCUT2D eigenvalue weighted by Gasteiger charge is 2.39. The predicted octanol–water partition coefficient (Wildman–Crippen LogP) is 4.17. The predicted molar refractivity (Wildman–Crippen MR) is 102 cm³/mol. The molecule has 26 heavy (non-hydrogen) atoms. The van der Waals surface area contributed by atoms with Crippen molar-refractivity contribution in [2.45, 2.75) is 13.1 Å². The summed E-state index contributed by atoms with van der Waals surface area (Å²) in [4.78, 5) is 19.2. The second kappa shape index (κ2) is 6.52. The number of rotatable bonds is 4. The number of aryl methyl sites for hydroxylation is 1. The number of nitrogens with zero attached hydrogens (tertiary/aromatic N) is 2. The third kappa shape index (κ3) is 2.67. The summed E-state index contributed by atoms with van der Waals surface area (Å²) in [7, 11) is 1.64. The number of anilines is 2. The molecule has 3 aromatic rings. The topological polar surface area (TPSA) is 54.5 Å². The molecule has 1 aliphatic rings. The molecule has 2 heterocycles. The molecule has 4 rings (SSSR count). The second-order valence-electron chi connectivity index (χ2n) is 6.20. The summed E-state index contributed by atoms with van der Waals surface area (Å²) in [5, 5.41) is 3.45. The molecule has 5 nitrogen and oxygen atoms in total. The first kappa shape index (κ1) is 16.1. The highest BCUT2D eigenvalue weighted by molar-refractivity contribution is 6.11. The van der Waals surface area contributed by atoms with Crippen LogP contribution >= 0.6 is 0 Å². The zero-order chi connectivity index (χ0) is 18.1. The average Bonchev–Trinajstić information content (AvgIpc) is 2.95. The number of ether oxygens (including phenoxy) is 1. The van der Waals surface area contributed by atoms with Gasteiger partial charge in [0.25, 0.3) is 5.91 Å². The van der Waals surface area contributed by atoms with Gasteiger partial charge in [-0.05, 0) is 48.9 Å². The molecule has 5 heteroatoms. The van der Waals surface area contributed by atoms with Gasteiger partial charge in [-0.2, -0.15) is 0 Å². The third-order valence-electron chi connectivity index (χ3n) is 4.49. The highest BCUT2D eigenvalue weighted by Crippen LogP contribution is 2.38. The SMILES string of the molecule is COc1ccc(C)cc1NC1c2ncccc2C(=O)N1c1ccccc1. The number of hydrogen-bond acceptors (Lipinski definition) is 4. The number of fused-ring (bicyclic) bond motifs is 1. The first-order valence-electron chi connectivity index (χ1n) is 8.44. The minimum absolute atomic E-state index is 0.0663. The molecule has 0 saturated heterocycles. The van der Waals surface area contributed by atoms with Crippen molar-refractivity contribution in [3.05, 3.63) is 83.7 Å². The maximum Gasteiger partial charge on any atom is 0.262 e. The monoisotopic (exact) mass is 345 g/mol. The molecule has 1 aromatic heterocycles. The van der Waals surface area contributed by atoms with Crippen molar-refractivity contribution in [3.8, 4) is 5.75 Å². The first-order chi connectivity index (χ1) is 12.7. The summed E-state index contributed by atoms with van der Waals surface area (Å²) in [5.74, 6) is 0.656. The van der Waals surface area contributed by atoms with Crippen LogP contribution in [0, 0.1) is 6.92 Å². The number of para-hydroxylation sites is 1. The number of benzene rings is 2. The van der Waals surface area contributed by atoms with Crippen LogP contribution in [0.25, 0.3) is 0 Å². The Morgan fingerprint density at radius 3 is 2.65 bits per heavy atom. The Morgan fingerprint density at radius 2 is 1.88 bits per heavy atom. The van der Waals surface area contributed by atoms with Crippen LogP contribution in [0.3, 0.4) is 0 Å². The summed E-state index contributed by atoms with van der Waals surface area (Å²) in [6.07, 6.45) is 1.31. The van der Waals surface area contributed by atoms with Gasteiger partial charge in [0.05, 0.1) is 24.1 Å². The van der Waals surface area contributed by atoms with E-state index in [-0.39, 0.29) is 5.91 Å². The van der Waals surface area contributed by atoms with Gasteiger partial charge in [-0.25, -0.2) is 0 Å². The van der Waals surface area contributed by atoms with Crippen molar-refractivity contribution in [2.75, 3.05) is 17.3 Å². The van der Waals surface area contributed by atoms with Crippen LogP contribution in [-0.4, -0.2) is 18.0 Å². The number of carbonyl (C=O) groups is 1. The van der Waals surface area contributed by atoms with E-state index in [4.69, 9.17) is 4.74 Å². The molecule has 0 aliphatic carbocycles. The Hall–Kier alpha value is -3.34. The summed E-state index contributed by atoms with van der Waals surface area (Å²) in [6, 6.07) is 19.1. The molecule has 0 radical (unpaired) electrons. The quantitative estimate of drug-likeness (QED) is 0.771. The molecule has 1 amide bonds. The van der Waals surface area contributed by atoms with Crippen LogP contribution < -0.4 is 15.0 Å². The van der Waals surface area contributed by atoms with Crippen molar-refractivity contribution < 1.29 is 9.53 Å². The van der Waals surface area contributed by atoms with E-state index in [9.17, 15) is 4.79 Å². The van der Waals surface area contributed by atoms with Gasteiger partial charge >= 0.3 is 0 Å². The summed E-state index contributed by atoms with van der Waals surface area (Å²) in [5.41, 5.74) is 4.07. The molecular weight excluding hydrogens is 326 g/mol.